The highest BCUT2D eigenvalue weighted by Crippen LogP contribution is 2.37. The van der Waals surface area contributed by atoms with Gasteiger partial charge in [-0.15, -0.1) is 12.6 Å². The number of amidine groups is 1. The van der Waals surface area contributed by atoms with Crippen LogP contribution in [0, 0.1) is 5.41 Å². The number of hydrogen-bond acceptors (Lipinski definition) is 5. The summed E-state index contributed by atoms with van der Waals surface area (Å²) in [5.74, 6) is 0.390. The van der Waals surface area contributed by atoms with E-state index in [2.05, 4.69) is 45.8 Å². The Hall–Kier alpha value is -1.80. The van der Waals surface area contributed by atoms with Crippen LogP contribution in [0.5, 0.6) is 5.75 Å². The molecule has 2 unspecified atom stereocenters. The summed E-state index contributed by atoms with van der Waals surface area (Å²) in [6, 6.07) is 4.57. The first-order valence-electron chi connectivity index (χ1n) is 8.76. The van der Waals surface area contributed by atoms with Gasteiger partial charge in [-0.1, -0.05) is 32.3 Å². The third kappa shape index (κ3) is 4.73. The number of carbonyl (C=O) groups is 2. The van der Waals surface area contributed by atoms with Gasteiger partial charge in [0.2, 0.25) is 11.0 Å². The lowest BCUT2D eigenvalue weighted by molar-refractivity contribution is -0.132. The summed E-state index contributed by atoms with van der Waals surface area (Å²) < 4.78 is 6.01. The van der Waals surface area contributed by atoms with Crippen molar-refractivity contribution in [3.63, 3.8) is 0 Å². The smallest absolute Gasteiger partial charge is 0.245 e. The van der Waals surface area contributed by atoms with Crippen molar-refractivity contribution in [2.24, 2.45) is 16.1 Å². The number of nitrogens with one attached hydrogen (secondary N) is 1. The molecule has 0 bridgehead atoms. The number of carbonyl (C=O) groups excluding carboxylic acids is 2. The number of ether oxygens (including phenoxy) is 1. The van der Waals surface area contributed by atoms with E-state index in [-0.39, 0.29) is 0 Å². The summed E-state index contributed by atoms with van der Waals surface area (Å²) in [5, 5.41) is 2.24. The van der Waals surface area contributed by atoms with Crippen LogP contribution in [0.4, 0.5) is 5.69 Å². The summed E-state index contributed by atoms with van der Waals surface area (Å²) in [4.78, 5) is 30.0. The molecule has 1 aliphatic heterocycles. The van der Waals surface area contributed by atoms with E-state index in [0.29, 0.717) is 23.7 Å². The quantitative estimate of drug-likeness (QED) is 0.317. The molecule has 1 amide bonds. The molecule has 2 atom stereocenters. The number of anilines is 1. The highest BCUT2D eigenvalue weighted by molar-refractivity contribution is 9.10. The molecule has 2 rings (SSSR count). The predicted octanol–water partition coefficient (Wildman–Crippen LogP) is 3.71. The summed E-state index contributed by atoms with van der Waals surface area (Å²) >= 11 is 7.40. The van der Waals surface area contributed by atoms with Crippen LogP contribution in [0.1, 0.15) is 32.6 Å². The molecule has 0 aromatic heterocycles. The van der Waals surface area contributed by atoms with Gasteiger partial charge in [0.05, 0.1) is 17.6 Å². The minimum atomic E-state index is -1.50. The van der Waals surface area contributed by atoms with Crippen LogP contribution in [0.15, 0.2) is 39.8 Å². The number of dihydropyridines is 1. The normalized spacial score (nSPS) is 21.5. The van der Waals surface area contributed by atoms with Crippen LogP contribution in [-0.2, 0) is 9.59 Å². The molecule has 3 N–H and O–H groups in total. The molecule has 27 heavy (non-hydrogen) atoms. The maximum absolute atomic E-state index is 13.2. The van der Waals surface area contributed by atoms with Gasteiger partial charge in [0.25, 0.3) is 0 Å². The lowest BCUT2D eigenvalue weighted by atomic mass is 9.76. The molecule has 0 spiro atoms. The van der Waals surface area contributed by atoms with Crippen molar-refractivity contribution in [1.82, 2.24) is 0 Å². The van der Waals surface area contributed by atoms with Crippen molar-refractivity contribution in [1.29, 1.82) is 0 Å². The largest absolute Gasteiger partial charge is 0.495 e. The number of rotatable bonds is 8. The standard InChI is InChI=1S/C19H24BrN3O3S/c1-3-4-5-6-15-19(18(25)27,10-9-16(21)23-15)17(24)22-12-7-8-13(20)14(11-12)26-2/h7-11,15H,3-6H2,1-2H3,(H2,21,23)(H,22,24)(H,25,27). The van der Waals surface area contributed by atoms with Crippen LogP contribution in [0.2, 0.25) is 0 Å². The molecule has 1 aromatic rings. The SMILES string of the molecule is CCCCCC1N=C(N)C=CC1(C(=O)S)C(=O)Nc1ccc(Br)c(OC)c1. The topological polar surface area (TPSA) is 93.8 Å². The van der Waals surface area contributed by atoms with Crippen molar-refractivity contribution in [2.75, 3.05) is 12.4 Å². The molecule has 0 radical (unpaired) electrons. The number of amides is 1. The van der Waals surface area contributed by atoms with Gasteiger partial charge in [0, 0.05) is 11.8 Å². The van der Waals surface area contributed by atoms with Crippen molar-refractivity contribution in [3.8, 4) is 5.75 Å². The average molecular weight is 454 g/mol. The Morgan fingerprint density at radius 2 is 2.15 bits per heavy atom. The van der Waals surface area contributed by atoms with Crippen LogP contribution < -0.4 is 15.8 Å². The van der Waals surface area contributed by atoms with Crippen molar-refractivity contribution >= 4 is 51.1 Å². The molecule has 0 saturated carbocycles. The summed E-state index contributed by atoms with van der Waals surface area (Å²) in [6.45, 7) is 2.09. The molecule has 6 nitrogen and oxygen atoms in total. The third-order valence-corrected chi connectivity index (χ3v) is 5.59. The number of unbranched alkanes of at least 4 members (excludes halogenated alkanes) is 2. The van der Waals surface area contributed by atoms with Crippen LogP contribution in [0.25, 0.3) is 0 Å². The predicted molar refractivity (Wildman–Crippen MR) is 114 cm³/mol. The van der Waals surface area contributed by atoms with Crippen LogP contribution in [-0.4, -0.2) is 30.0 Å². The number of hydrogen-bond donors (Lipinski definition) is 3. The van der Waals surface area contributed by atoms with Gasteiger partial charge >= 0.3 is 0 Å². The Labute approximate surface area is 173 Å². The van der Waals surface area contributed by atoms with Crippen LogP contribution >= 0.6 is 28.6 Å². The van der Waals surface area contributed by atoms with E-state index >= 15 is 0 Å². The first-order valence-corrected chi connectivity index (χ1v) is 10.00. The summed E-state index contributed by atoms with van der Waals surface area (Å²) in [5.41, 5.74) is 4.84. The molecule has 0 fully saturated rings. The number of methoxy groups -OCH3 is 1. The second kappa shape index (κ2) is 9.41. The zero-order valence-electron chi connectivity index (χ0n) is 15.4. The lowest BCUT2D eigenvalue weighted by Gasteiger charge is -2.34. The van der Waals surface area contributed by atoms with Crippen molar-refractivity contribution < 1.29 is 14.3 Å². The van der Waals surface area contributed by atoms with E-state index < -0.39 is 22.5 Å². The molecular formula is C19H24BrN3O3S. The number of benzene rings is 1. The Kier molecular flexibility index (Phi) is 7.49. The fourth-order valence-corrected chi connectivity index (χ4v) is 3.78. The number of nitrogens with two attached hydrogens (primary N) is 1. The molecular weight excluding hydrogens is 430 g/mol. The fraction of sp³-hybridized carbons (Fsp3) is 0.421. The highest BCUT2D eigenvalue weighted by atomic mass is 79.9. The van der Waals surface area contributed by atoms with Gasteiger partial charge in [-0.3, -0.25) is 14.6 Å². The van der Waals surface area contributed by atoms with E-state index in [1.165, 1.54) is 19.3 Å². The first-order chi connectivity index (χ1) is 12.8. The molecule has 0 saturated heterocycles. The molecule has 146 valence electrons. The minimum absolute atomic E-state index is 0.305. The minimum Gasteiger partial charge on any atom is -0.495 e. The van der Waals surface area contributed by atoms with E-state index in [1.54, 1.807) is 18.2 Å². The number of halogens is 1. The maximum Gasteiger partial charge on any atom is 0.245 e. The monoisotopic (exact) mass is 453 g/mol. The third-order valence-electron chi connectivity index (χ3n) is 4.57. The summed E-state index contributed by atoms with van der Waals surface area (Å²) in [7, 11) is 1.54. The zero-order valence-corrected chi connectivity index (χ0v) is 17.8. The Morgan fingerprint density at radius 3 is 2.78 bits per heavy atom. The Bertz CT molecular complexity index is 781. The molecule has 0 aliphatic carbocycles. The second-order valence-electron chi connectivity index (χ2n) is 6.38. The van der Waals surface area contributed by atoms with Gasteiger partial charge in [-0.2, -0.15) is 0 Å². The Balaban J connectivity index is 2.34. The van der Waals surface area contributed by atoms with Crippen LogP contribution in [0.3, 0.4) is 0 Å². The van der Waals surface area contributed by atoms with Gasteiger partial charge in [-0.25, -0.2) is 0 Å². The Morgan fingerprint density at radius 1 is 1.41 bits per heavy atom. The molecule has 1 aliphatic rings. The summed E-state index contributed by atoms with van der Waals surface area (Å²) in [6.07, 6.45) is 6.43. The fourth-order valence-electron chi connectivity index (χ4n) is 3.04. The average Bonchev–Trinajstić information content (AvgIpc) is 2.63. The van der Waals surface area contributed by atoms with E-state index in [1.807, 2.05) is 0 Å². The number of aliphatic imine (C=N–C) groups is 1. The number of nitrogens with zero attached hydrogens (tertiary/aromatic N) is 1. The first kappa shape index (κ1) is 21.5. The van der Waals surface area contributed by atoms with Gasteiger partial charge < -0.3 is 15.8 Å². The van der Waals surface area contributed by atoms with E-state index in [9.17, 15) is 9.59 Å². The van der Waals surface area contributed by atoms with Gasteiger partial charge in [-0.05, 0) is 40.6 Å². The van der Waals surface area contributed by atoms with E-state index in [0.717, 1.165) is 23.7 Å². The van der Waals surface area contributed by atoms with Crippen molar-refractivity contribution in [3.05, 3.63) is 34.8 Å². The highest BCUT2D eigenvalue weighted by Gasteiger charge is 2.50. The molecule has 1 heterocycles. The number of thiol groups is 1. The maximum atomic E-state index is 13.2. The van der Waals surface area contributed by atoms with E-state index in [4.69, 9.17) is 10.5 Å². The zero-order chi connectivity index (χ0) is 20.0. The molecule has 1 aromatic carbocycles. The second-order valence-corrected chi connectivity index (χ2v) is 7.64. The van der Waals surface area contributed by atoms with Gasteiger partial charge in [0.15, 0.2) is 5.41 Å². The molecule has 8 heteroatoms. The lowest BCUT2D eigenvalue weighted by Crippen LogP contribution is -2.50. The van der Waals surface area contributed by atoms with Crippen molar-refractivity contribution in [2.45, 2.75) is 38.6 Å². The van der Waals surface area contributed by atoms with Gasteiger partial charge in [0.1, 0.15) is 11.6 Å².